The van der Waals surface area contributed by atoms with E-state index < -0.39 is 6.04 Å². The number of aromatic nitrogens is 2. The van der Waals surface area contributed by atoms with E-state index in [0.29, 0.717) is 18.2 Å². The molecule has 8 nitrogen and oxygen atoms in total. The zero-order chi connectivity index (χ0) is 20.5. The van der Waals surface area contributed by atoms with Crippen LogP contribution in [0.2, 0.25) is 0 Å². The van der Waals surface area contributed by atoms with Crippen molar-refractivity contribution in [1.29, 1.82) is 0 Å². The molecule has 2 rings (SSSR count). The predicted octanol–water partition coefficient (Wildman–Crippen LogP) is 2.84. The van der Waals surface area contributed by atoms with Crippen molar-refractivity contribution in [2.45, 2.75) is 46.2 Å². The first-order chi connectivity index (χ1) is 13.5. The number of hydrogen-bond acceptors (Lipinski definition) is 6. The number of amides is 2. The Kier molecular flexibility index (Phi) is 7.98. The van der Waals surface area contributed by atoms with Gasteiger partial charge in [0.15, 0.2) is 5.82 Å². The average molecular weight is 387 g/mol. The molecule has 152 valence electrons. The molecule has 8 heteroatoms. The maximum absolute atomic E-state index is 12.1. The minimum atomic E-state index is -0.540. The minimum Gasteiger partial charge on any atom is -0.467 e. The van der Waals surface area contributed by atoms with Gasteiger partial charge in [0, 0.05) is 11.9 Å². The summed E-state index contributed by atoms with van der Waals surface area (Å²) in [6.45, 7) is 6.74. The molecule has 0 saturated heterocycles. The number of ether oxygens (including phenoxy) is 1. The second-order valence-electron chi connectivity index (χ2n) is 6.86. The molecule has 0 saturated carbocycles. The molecule has 0 spiro atoms. The lowest BCUT2D eigenvalue weighted by Gasteiger charge is -2.21. The highest BCUT2D eigenvalue weighted by Gasteiger charge is 2.24. The monoisotopic (exact) mass is 387 g/mol. The quantitative estimate of drug-likeness (QED) is 0.451. The van der Waals surface area contributed by atoms with Crippen LogP contribution in [0.3, 0.4) is 0 Å². The number of carbonyl (C=O) groups excluding carboxylic acids is 2. The molecule has 0 aliphatic rings. The summed E-state index contributed by atoms with van der Waals surface area (Å²) >= 11 is 0. The molecule has 1 aromatic carbocycles. The third-order valence-corrected chi connectivity index (χ3v) is 4.29. The van der Waals surface area contributed by atoms with Gasteiger partial charge in [-0.15, -0.1) is 0 Å². The van der Waals surface area contributed by atoms with Crippen LogP contribution in [0.5, 0.6) is 0 Å². The number of nitrogens with zero attached hydrogens (tertiary/aromatic N) is 2. The maximum Gasteiger partial charge on any atom is 0.328 e. The number of unbranched alkanes of at least 4 members (excludes halogenated alkanes) is 1. The summed E-state index contributed by atoms with van der Waals surface area (Å²) in [7, 11) is 1.37. The minimum absolute atomic E-state index is 0.00657. The SMILES string of the molecule is CCCCNC(=O)NCc1nc(N[C@H](C(=O)OC)C(C)C)c2ccccc2n1. The number of rotatable bonds is 9. The first kappa shape index (κ1) is 21.4. The summed E-state index contributed by atoms with van der Waals surface area (Å²) in [4.78, 5) is 33.1. The van der Waals surface area contributed by atoms with E-state index in [1.807, 2.05) is 38.1 Å². The van der Waals surface area contributed by atoms with E-state index in [0.717, 1.165) is 23.7 Å². The number of hydrogen-bond donors (Lipinski definition) is 3. The van der Waals surface area contributed by atoms with E-state index in [1.165, 1.54) is 7.11 Å². The van der Waals surface area contributed by atoms with Gasteiger partial charge in [0.2, 0.25) is 0 Å². The molecule has 0 unspecified atom stereocenters. The van der Waals surface area contributed by atoms with Gasteiger partial charge < -0.3 is 20.7 Å². The van der Waals surface area contributed by atoms with E-state index in [4.69, 9.17) is 4.74 Å². The topological polar surface area (TPSA) is 105 Å². The van der Waals surface area contributed by atoms with Crippen molar-refractivity contribution in [3.05, 3.63) is 30.1 Å². The first-order valence-electron chi connectivity index (χ1n) is 9.58. The van der Waals surface area contributed by atoms with Gasteiger partial charge in [0.1, 0.15) is 11.9 Å². The molecule has 28 heavy (non-hydrogen) atoms. The van der Waals surface area contributed by atoms with E-state index >= 15 is 0 Å². The van der Waals surface area contributed by atoms with Gasteiger partial charge in [0.25, 0.3) is 0 Å². The van der Waals surface area contributed by atoms with E-state index in [1.54, 1.807) is 0 Å². The van der Waals surface area contributed by atoms with Gasteiger partial charge in [-0.3, -0.25) is 0 Å². The standard InChI is InChI=1S/C20H29N5O3/c1-5-6-11-21-20(27)22-12-16-23-15-10-8-7-9-14(15)18(24-16)25-17(13(2)3)19(26)28-4/h7-10,13,17H,5-6,11-12H2,1-4H3,(H2,21,22,27)(H,23,24,25)/t17-/m0/s1. The molecular formula is C20H29N5O3. The number of carbonyl (C=O) groups is 2. The lowest BCUT2D eigenvalue weighted by molar-refractivity contribution is -0.142. The molecule has 0 radical (unpaired) electrons. The molecule has 3 N–H and O–H groups in total. The Morgan fingerprint density at radius 3 is 2.57 bits per heavy atom. The van der Waals surface area contributed by atoms with Crippen molar-refractivity contribution in [1.82, 2.24) is 20.6 Å². The molecular weight excluding hydrogens is 358 g/mol. The number of benzene rings is 1. The third kappa shape index (κ3) is 5.80. The van der Waals surface area contributed by atoms with Gasteiger partial charge in [-0.05, 0) is 24.5 Å². The number of nitrogens with one attached hydrogen (secondary N) is 3. The van der Waals surface area contributed by atoms with Gasteiger partial charge in [-0.1, -0.05) is 39.3 Å². The van der Waals surface area contributed by atoms with Crippen LogP contribution in [0.1, 0.15) is 39.4 Å². The molecule has 1 heterocycles. The number of para-hydroxylation sites is 1. The van der Waals surface area contributed by atoms with E-state index in [9.17, 15) is 9.59 Å². The fraction of sp³-hybridized carbons (Fsp3) is 0.500. The number of esters is 1. The smallest absolute Gasteiger partial charge is 0.328 e. The molecule has 1 atom stereocenters. The van der Waals surface area contributed by atoms with Crippen LogP contribution in [0.25, 0.3) is 10.9 Å². The summed E-state index contributed by atoms with van der Waals surface area (Å²) in [6.07, 6.45) is 1.94. The summed E-state index contributed by atoms with van der Waals surface area (Å²) in [5.41, 5.74) is 0.732. The maximum atomic E-state index is 12.1. The Hall–Kier alpha value is -2.90. The third-order valence-electron chi connectivity index (χ3n) is 4.29. The zero-order valence-corrected chi connectivity index (χ0v) is 16.9. The van der Waals surface area contributed by atoms with Crippen LogP contribution in [0.4, 0.5) is 10.6 Å². The highest BCUT2D eigenvalue weighted by Crippen LogP contribution is 2.22. The average Bonchev–Trinajstić information content (AvgIpc) is 2.69. The second kappa shape index (κ2) is 10.4. The van der Waals surface area contributed by atoms with Crippen molar-refractivity contribution in [2.24, 2.45) is 5.92 Å². The van der Waals surface area contributed by atoms with Crippen LogP contribution < -0.4 is 16.0 Å². The molecule has 0 fully saturated rings. The fourth-order valence-corrected chi connectivity index (χ4v) is 2.69. The number of fused-ring (bicyclic) bond motifs is 1. The lowest BCUT2D eigenvalue weighted by Crippen LogP contribution is -2.37. The molecule has 0 bridgehead atoms. The van der Waals surface area contributed by atoms with Crippen molar-refractivity contribution >= 4 is 28.7 Å². The lowest BCUT2D eigenvalue weighted by atomic mass is 10.0. The Bertz CT molecular complexity index is 810. The Morgan fingerprint density at radius 2 is 1.89 bits per heavy atom. The van der Waals surface area contributed by atoms with E-state index in [2.05, 4.69) is 32.8 Å². The van der Waals surface area contributed by atoms with Crippen molar-refractivity contribution in [2.75, 3.05) is 19.0 Å². The Morgan fingerprint density at radius 1 is 1.14 bits per heavy atom. The molecule has 2 aromatic rings. The summed E-state index contributed by atoms with van der Waals surface area (Å²) in [5.74, 6) is 0.650. The van der Waals surface area contributed by atoms with Crippen molar-refractivity contribution in [3.63, 3.8) is 0 Å². The van der Waals surface area contributed by atoms with Crippen LogP contribution in [-0.2, 0) is 16.1 Å². The Labute approximate surface area is 165 Å². The van der Waals surface area contributed by atoms with Crippen LogP contribution in [0.15, 0.2) is 24.3 Å². The molecule has 2 amide bonds. The van der Waals surface area contributed by atoms with Gasteiger partial charge >= 0.3 is 12.0 Å². The van der Waals surface area contributed by atoms with Crippen LogP contribution in [-0.4, -0.2) is 41.7 Å². The largest absolute Gasteiger partial charge is 0.467 e. The highest BCUT2D eigenvalue weighted by atomic mass is 16.5. The van der Waals surface area contributed by atoms with Gasteiger partial charge in [0.05, 0.1) is 19.2 Å². The number of methoxy groups -OCH3 is 1. The van der Waals surface area contributed by atoms with Crippen LogP contribution in [0, 0.1) is 5.92 Å². The van der Waals surface area contributed by atoms with Crippen LogP contribution >= 0.6 is 0 Å². The molecule has 0 aliphatic heterocycles. The summed E-state index contributed by atoms with van der Waals surface area (Å²) < 4.78 is 4.90. The molecule has 0 aliphatic carbocycles. The number of urea groups is 1. The molecule has 1 aromatic heterocycles. The first-order valence-corrected chi connectivity index (χ1v) is 9.58. The Balaban J connectivity index is 2.22. The van der Waals surface area contributed by atoms with Gasteiger partial charge in [-0.2, -0.15) is 0 Å². The fourth-order valence-electron chi connectivity index (χ4n) is 2.69. The van der Waals surface area contributed by atoms with E-state index in [-0.39, 0.29) is 24.5 Å². The zero-order valence-electron chi connectivity index (χ0n) is 16.9. The highest BCUT2D eigenvalue weighted by molar-refractivity contribution is 5.91. The number of anilines is 1. The van der Waals surface area contributed by atoms with Crippen molar-refractivity contribution in [3.8, 4) is 0 Å². The summed E-state index contributed by atoms with van der Waals surface area (Å²) in [6, 6.07) is 6.74. The predicted molar refractivity (Wildman–Crippen MR) is 109 cm³/mol. The van der Waals surface area contributed by atoms with Crippen molar-refractivity contribution < 1.29 is 14.3 Å². The second-order valence-corrected chi connectivity index (χ2v) is 6.86. The normalized spacial score (nSPS) is 11.9. The summed E-state index contributed by atoms with van der Waals surface area (Å²) in [5, 5.41) is 9.55. The van der Waals surface area contributed by atoms with Gasteiger partial charge in [-0.25, -0.2) is 19.6 Å².